The minimum atomic E-state index is -0.136. The van der Waals surface area contributed by atoms with E-state index in [9.17, 15) is 10.1 Å². The number of aryl methyl sites for hydroxylation is 2. The van der Waals surface area contributed by atoms with Gasteiger partial charge >= 0.3 is 0 Å². The first-order chi connectivity index (χ1) is 13.6. The van der Waals surface area contributed by atoms with Crippen LogP contribution >= 0.6 is 11.8 Å². The zero-order valence-corrected chi connectivity index (χ0v) is 16.6. The Morgan fingerprint density at radius 1 is 1.07 bits per heavy atom. The highest BCUT2D eigenvalue weighted by atomic mass is 32.2. The first-order valence-corrected chi connectivity index (χ1v) is 9.85. The third kappa shape index (κ3) is 4.96. The van der Waals surface area contributed by atoms with E-state index >= 15 is 0 Å². The topological polar surface area (TPSA) is 78.7 Å². The van der Waals surface area contributed by atoms with Crippen molar-refractivity contribution < 1.29 is 4.79 Å². The number of thioether (sulfide) groups is 1. The number of rotatable bonds is 6. The zero-order chi connectivity index (χ0) is 19.9. The molecule has 3 aromatic rings. The lowest BCUT2D eigenvalue weighted by atomic mass is 10.0. The molecule has 28 heavy (non-hydrogen) atoms. The molecular formula is C22H20N4OS. The summed E-state index contributed by atoms with van der Waals surface area (Å²) in [6.07, 6.45) is 0.743. The van der Waals surface area contributed by atoms with E-state index in [1.807, 2.05) is 42.5 Å². The molecule has 140 valence electrons. The molecule has 6 heteroatoms. The van der Waals surface area contributed by atoms with Crippen LogP contribution in [0.2, 0.25) is 0 Å². The number of nitrogens with zero attached hydrogens (tertiary/aromatic N) is 3. The number of anilines is 1. The molecule has 5 nitrogen and oxygen atoms in total. The number of benzene rings is 2. The number of carbonyl (C=O) groups excluding carboxylic acids is 1. The summed E-state index contributed by atoms with van der Waals surface area (Å²) in [4.78, 5) is 21.0. The van der Waals surface area contributed by atoms with Crippen molar-refractivity contribution in [3.63, 3.8) is 0 Å². The molecule has 1 amide bonds. The molecule has 0 spiro atoms. The Hall–Kier alpha value is -3.17. The quantitative estimate of drug-likeness (QED) is 0.503. The number of hydrogen-bond acceptors (Lipinski definition) is 5. The lowest BCUT2D eigenvalue weighted by Crippen LogP contribution is -2.16. The predicted octanol–water partition coefficient (Wildman–Crippen LogP) is 4.29. The van der Waals surface area contributed by atoms with Crippen LogP contribution in [0.1, 0.15) is 28.2 Å². The van der Waals surface area contributed by atoms with Gasteiger partial charge in [-0.05, 0) is 37.5 Å². The van der Waals surface area contributed by atoms with Gasteiger partial charge in [0, 0.05) is 5.69 Å². The lowest BCUT2D eigenvalue weighted by molar-refractivity contribution is -0.113. The summed E-state index contributed by atoms with van der Waals surface area (Å²) in [6.45, 7) is 3.55. The molecule has 0 fully saturated rings. The summed E-state index contributed by atoms with van der Waals surface area (Å²) >= 11 is 1.25. The third-order valence-electron chi connectivity index (χ3n) is 4.15. The predicted molar refractivity (Wildman–Crippen MR) is 111 cm³/mol. The fourth-order valence-corrected chi connectivity index (χ4v) is 3.72. The molecule has 3 rings (SSSR count). The van der Waals surface area contributed by atoms with Gasteiger partial charge in [-0.15, -0.1) is 0 Å². The standard InChI is InChI=1S/C22H20N4OS/c1-15-19(13-23)22(25-16(2)24-15)28-14-21(27)26-20-11-7-6-10-18(20)12-17-8-4-3-5-9-17/h3-11H,12,14H2,1-2H3,(H,26,27). The van der Waals surface area contributed by atoms with E-state index in [-0.39, 0.29) is 11.7 Å². The van der Waals surface area contributed by atoms with Gasteiger partial charge in [0.05, 0.1) is 11.4 Å². The van der Waals surface area contributed by atoms with Gasteiger partial charge in [-0.1, -0.05) is 60.3 Å². The van der Waals surface area contributed by atoms with E-state index in [4.69, 9.17) is 0 Å². The average molecular weight is 388 g/mol. The number of hydrogen-bond donors (Lipinski definition) is 1. The molecule has 0 radical (unpaired) electrons. The van der Waals surface area contributed by atoms with Crippen molar-refractivity contribution in [2.24, 2.45) is 0 Å². The van der Waals surface area contributed by atoms with E-state index < -0.39 is 0 Å². The van der Waals surface area contributed by atoms with Gasteiger partial charge in [0.2, 0.25) is 5.91 Å². The van der Waals surface area contributed by atoms with Gasteiger partial charge < -0.3 is 5.32 Å². The minimum Gasteiger partial charge on any atom is -0.325 e. The highest BCUT2D eigenvalue weighted by Crippen LogP contribution is 2.23. The van der Waals surface area contributed by atoms with Crippen LogP contribution in [0.5, 0.6) is 0 Å². The SMILES string of the molecule is Cc1nc(C)c(C#N)c(SCC(=O)Nc2ccccc2Cc2ccccc2)n1. The summed E-state index contributed by atoms with van der Waals surface area (Å²) in [5.74, 6) is 0.625. The van der Waals surface area contributed by atoms with Gasteiger partial charge in [0.25, 0.3) is 0 Å². The van der Waals surface area contributed by atoms with Crippen molar-refractivity contribution in [2.45, 2.75) is 25.3 Å². The minimum absolute atomic E-state index is 0.136. The van der Waals surface area contributed by atoms with E-state index in [2.05, 4.69) is 33.5 Å². The summed E-state index contributed by atoms with van der Waals surface area (Å²) in [7, 11) is 0. The molecule has 0 saturated heterocycles. The lowest BCUT2D eigenvalue weighted by Gasteiger charge is -2.11. The van der Waals surface area contributed by atoms with Crippen LogP contribution in [0.15, 0.2) is 59.6 Å². The van der Waals surface area contributed by atoms with Crippen molar-refractivity contribution in [1.82, 2.24) is 9.97 Å². The molecule has 1 aromatic heterocycles. The Bertz CT molecular complexity index is 1030. The Labute approximate surface area is 168 Å². The number of nitrogens with one attached hydrogen (secondary N) is 1. The number of aromatic nitrogens is 2. The molecule has 0 unspecified atom stereocenters. The smallest absolute Gasteiger partial charge is 0.234 e. The van der Waals surface area contributed by atoms with Crippen LogP contribution < -0.4 is 5.32 Å². The zero-order valence-electron chi connectivity index (χ0n) is 15.8. The fraction of sp³-hybridized carbons (Fsp3) is 0.182. The van der Waals surface area contributed by atoms with Gasteiger partial charge in [0.1, 0.15) is 22.5 Å². The molecule has 0 aliphatic heterocycles. The second-order valence-electron chi connectivity index (χ2n) is 6.30. The second kappa shape index (κ2) is 9.16. The molecule has 0 aliphatic carbocycles. The Kier molecular flexibility index (Phi) is 6.41. The van der Waals surface area contributed by atoms with Crippen LogP contribution in [0.25, 0.3) is 0 Å². The molecule has 0 aliphatic rings. The van der Waals surface area contributed by atoms with Crippen LogP contribution in [0.3, 0.4) is 0 Å². The molecule has 0 saturated carbocycles. The highest BCUT2D eigenvalue weighted by Gasteiger charge is 2.13. The number of amides is 1. The van der Waals surface area contributed by atoms with Crippen LogP contribution in [-0.4, -0.2) is 21.6 Å². The summed E-state index contributed by atoms with van der Waals surface area (Å²) in [6, 6.07) is 20.0. The van der Waals surface area contributed by atoms with Gasteiger partial charge in [0.15, 0.2) is 0 Å². The Balaban J connectivity index is 1.69. The average Bonchev–Trinajstić information content (AvgIpc) is 2.68. The number of carbonyl (C=O) groups is 1. The summed E-state index contributed by atoms with van der Waals surface area (Å²) in [5, 5.41) is 12.8. The highest BCUT2D eigenvalue weighted by molar-refractivity contribution is 8.00. The third-order valence-corrected chi connectivity index (χ3v) is 5.12. The molecular weight excluding hydrogens is 368 g/mol. The second-order valence-corrected chi connectivity index (χ2v) is 7.27. The number of nitriles is 1. The maximum absolute atomic E-state index is 12.5. The van der Waals surface area contributed by atoms with Crippen molar-refractivity contribution in [3.8, 4) is 6.07 Å². The van der Waals surface area contributed by atoms with E-state index in [1.165, 1.54) is 17.3 Å². The number of para-hydroxylation sites is 1. The normalized spacial score (nSPS) is 10.3. The molecule has 0 atom stereocenters. The van der Waals surface area contributed by atoms with Crippen LogP contribution in [0.4, 0.5) is 5.69 Å². The van der Waals surface area contributed by atoms with E-state index in [1.54, 1.807) is 13.8 Å². The van der Waals surface area contributed by atoms with Crippen LogP contribution in [0, 0.1) is 25.2 Å². The van der Waals surface area contributed by atoms with Crippen molar-refractivity contribution in [3.05, 3.63) is 82.8 Å². The van der Waals surface area contributed by atoms with E-state index in [0.29, 0.717) is 22.1 Å². The largest absolute Gasteiger partial charge is 0.325 e. The van der Waals surface area contributed by atoms with Crippen LogP contribution in [-0.2, 0) is 11.2 Å². The monoisotopic (exact) mass is 388 g/mol. The van der Waals surface area contributed by atoms with Gasteiger partial charge in [-0.25, -0.2) is 9.97 Å². The van der Waals surface area contributed by atoms with Crippen molar-refractivity contribution in [2.75, 3.05) is 11.1 Å². The van der Waals surface area contributed by atoms with Crippen molar-refractivity contribution in [1.29, 1.82) is 5.26 Å². The van der Waals surface area contributed by atoms with Gasteiger partial charge in [-0.2, -0.15) is 5.26 Å². The Morgan fingerprint density at radius 2 is 1.79 bits per heavy atom. The first kappa shape index (κ1) is 19.6. The van der Waals surface area contributed by atoms with Crippen molar-refractivity contribution >= 4 is 23.4 Å². The Morgan fingerprint density at radius 3 is 2.54 bits per heavy atom. The summed E-state index contributed by atoms with van der Waals surface area (Å²) in [5.41, 5.74) is 4.09. The molecule has 2 aromatic carbocycles. The maximum Gasteiger partial charge on any atom is 0.234 e. The summed E-state index contributed by atoms with van der Waals surface area (Å²) < 4.78 is 0. The van der Waals surface area contributed by atoms with E-state index in [0.717, 1.165) is 17.7 Å². The molecule has 1 heterocycles. The maximum atomic E-state index is 12.5. The first-order valence-electron chi connectivity index (χ1n) is 8.86. The fourth-order valence-electron chi connectivity index (χ4n) is 2.85. The molecule has 0 bridgehead atoms. The molecule has 1 N–H and O–H groups in total. The van der Waals surface area contributed by atoms with Gasteiger partial charge in [-0.3, -0.25) is 4.79 Å².